The van der Waals surface area contributed by atoms with Gasteiger partial charge in [0.1, 0.15) is 0 Å². The van der Waals surface area contributed by atoms with Crippen LogP contribution in [0.2, 0.25) is 0 Å². The van der Waals surface area contributed by atoms with Crippen LogP contribution >= 0.6 is 0 Å². The van der Waals surface area contributed by atoms with E-state index in [1.807, 2.05) is 17.0 Å². The maximum Gasteiger partial charge on any atom is 0.220 e. The molecule has 4 rings (SSSR count). The molecule has 0 fully saturated rings. The number of carbonyl (C=O) groups is 1. The van der Waals surface area contributed by atoms with Gasteiger partial charge in [-0.2, -0.15) is 0 Å². The first kappa shape index (κ1) is 17.3. The lowest BCUT2D eigenvalue weighted by Crippen LogP contribution is -2.42. The fourth-order valence-electron chi connectivity index (χ4n) is 3.79. The molecule has 1 amide bonds. The smallest absolute Gasteiger partial charge is 0.220 e. The van der Waals surface area contributed by atoms with Crippen molar-refractivity contribution in [3.05, 3.63) is 90.0 Å². The maximum atomic E-state index is 12.4. The van der Waals surface area contributed by atoms with Gasteiger partial charge >= 0.3 is 0 Å². The molecule has 1 aliphatic heterocycles. The maximum absolute atomic E-state index is 12.4. The molecule has 3 nitrogen and oxygen atoms in total. The first-order valence-electron chi connectivity index (χ1n) is 9.44. The predicted octanol–water partition coefficient (Wildman–Crippen LogP) is 4.74. The third-order valence-corrected chi connectivity index (χ3v) is 5.24. The van der Waals surface area contributed by atoms with E-state index >= 15 is 0 Å². The van der Waals surface area contributed by atoms with E-state index in [2.05, 4.69) is 72.0 Å². The average molecular weight is 356 g/mol. The van der Waals surface area contributed by atoms with Crippen LogP contribution in [0.4, 0.5) is 5.69 Å². The van der Waals surface area contributed by atoms with Gasteiger partial charge in [0.05, 0.1) is 6.04 Å². The van der Waals surface area contributed by atoms with Gasteiger partial charge in [-0.25, -0.2) is 0 Å². The molecule has 1 N–H and O–H groups in total. The third-order valence-electron chi connectivity index (χ3n) is 5.24. The summed E-state index contributed by atoms with van der Waals surface area (Å²) in [6.45, 7) is 3.06. The van der Waals surface area contributed by atoms with Crippen molar-refractivity contribution in [3.63, 3.8) is 0 Å². The van der Waals surface area contributed by atoms with Gasteiger partial charge in [0.2, 0.25) is 5.91 Å². The van der Waals surface area contributed by atoms with Crippen molar-refractivity contribution in [2.24, 2.45) is 0 Å². The average Bonchev–Trinajstić information content (AvgIpc) is 2.89. The van der Waals surface area contributed by atoms with Crippen LogP contribution in [0.1, 0.15) is 18.1 Å². The highest BCUT2D eigenvalue weighted by molar-refractivity contribution is 5.75. The number of hydrogen-bond acceptors (Lipinski definition) is 2. The van der Waals surface area contributed by atoms with Crippen LogP contribution in [-0.2, 0) is 17.8 Å². The van der Waals surface area contributed by atoms with Crippen LogP contribution in [-0.4, -0.2) is 23.4 Å². The van der Waals surface area contributed by atoms with E-state index < -0.39 is 0 Å². The van der Waals surface area contributed by atoms with Crippen molar-refractivity contribution in [1.82, 2.24) is 4.90 Å². The van der Waals surface area contributed by atoms with E-state index in [4.69, 9.17) is 0 Å². The molecule has 1 heterocycles. The SMILES string of the molecule is CC(=O)N1Cc2cc(-c3ccccc3)ccc2NC[C@H]1Cc1ccccc1. The van der Waals surface area contributed by atoms with Crippen LogP contribution in [0.15, 0.2) is 78.9 Å². The zero-order chi connectivity index (χ0) is 18.6. The molecule has 0 bridgehead atoms. The Labute approximate surface area is 160 Å². The van der Waals surface area contributed by atoms with E-state index in [0.717, 1.165) is 18.7 Å². The van der Waals surface area contributed by atoms with Gasteiger partial charge in [0.15, 0.2) is 0 Å². The molecule has 27 heavy (non-hydrogen) atoms. The van der Waals surface area contributed by atoms with Crippen molar-refractivity contribution in [2.45, 2.75) is 25.9 Å². The summed E-state index contributed by atoms with van der Waals surface area (Å²) in [5.74, 6) is 0.121. The highest BCUT2D eigenvalue weighted by Crippen LogP contribution is 2.29. The number of anilines is 1. The summed E-state index contributed by atoms with van der Waals surface area (Å²) in [7, 11) is 0. The number of nitrogens with zero attached hydrogens (tertiary/aromatic N) is 1. The zero-order valence-corrected chi connectivity index (χ0v) is 15.6. The molecule has 3 aromatic carbocycles. The normalized spacial score (nSPS) is 16.2. The van der Waals surface area contributed by atoms with Gasteiger partial charge in [-0.1, -0.05) is 66.7 Å². The minimum atomic E-state index is 0.121. The van der Waals surface area contributed by atoms with Crippen LogP contribution in [0.5, 0.6) is 0 Å². The highest BCUT2D eigenvalue weighted by Gasteiger charge is 2.26. The van der Waals surface area contributed by atoms with Crippen LogP contribution in [0.25, 0.3) is 11.1 Å². The molecule has 0 unspecified atom stereocenters. The van der Waals surface area contributed by atoms with Crippen molar-refractivity contribution in [3.8, 4) is 11.1 Å². The Morgan fingerprint density at radius 1 is 0.963 bits per heavy atom. The van der Waals surface area contributed by atoms with Gasteiger partial charge in [0.25, 0.3) is 0 Å². The number of amides is 1. The number of benzene rings is 3. The predicted molar refractivity (Wildman–Crippen MR) is 111 cm³/mol. The first-order chi connectivity index (χ1) is 13.2. The highest BCUT2D eigenvalue weighted by atomic mass is 16.2. The zero-order valence-electron chi connectivity index (χ0n) is 15.6. The molecule has 0 spiro atoms. The monoisotopic (exact) mass is 356 g/mol. The van der Waals surface area contributed by atoms with Gasteiger partial charge in [0, 0.05) is 25.7 Å². The van der Waals surface area contributed by atoms with Crippen LogP contribution < -0.4 is 5.32 Å². The number of fused-ring (bicyclic) bond motifs is 1. The molecule has 3 aromatic rings. The standard InChI is InChI=1S/C24H24N2O/c1-18(27)26-17-22-15-21(20-10-6-3-7-11-20)12-13-24(22)25-16-23(26)14-19-8-4-2-5-9-19/h2-13,15,23,25H,14,16-17H2,1H3/t23-/m1/s1. The molecular weight excluding hydrogens is 332 g/mol. The Morgan fingerprint density at radius 3 is 2.37 bits per heavy atom. The van der Waals surface area contributed by atoms with Gasteiger partial charge in [-0.3, -0.25) is 4.79 Å². The van der Waals surface area contributed by atoms with E-state index in [1.54, 1.807) is 6.92 Å². The van der Waals surface area contributed by atoms with Crippen molar-refractivity contribution >= 4 is 11.6 Å². The Balaban J connectivity index is 1.63. The van der Waals surface area contributed by atoms with E-state index in [9.17, 15) is 4.79 Å². The van der Waals surface area contributed by atoms with E-state index in [-0.39, 0.29) is 11.9 Å². The van der Waals surface area contributed by atoms with Gasteiger partial charge in [-0.15, -0.1) is 0 Å². The molecule has 3 heteroatoms. The molecule has 1 atom stereocenters. The Morgan fingerprint density at radius 2 is 1.67 bits per heavy atom. The fourth-order valence-corrected chi connectivity index (χ4v) is 3.79. The van der Waals surface area contributed by atoms with Crippen LogP contribution in [0.3, 0.4) is 0 Å². The quantitative estimate of drug-likeness (QED) is 0.735. The van der Waals surface area contributed by atoms with Gasteiger partial charge < -0.3 is 10.2 Å². The molecular formula is C24H24N2O. The minimum absolute atomic E-state index is 0.121. The molecule has 136 valence electrons. The number of nitrogens with one attached hydrogen (secondary N) is 1. The molecule has 0 saturated heterocycles. The number of hydrogen-bond donors (Lipinski definition) is 1. The summed E-state index contributed by atoms with van der Waals surface area (Å²) >= 11 is 0. The fraction of sp³-hybridized carbons (Fsp3) is 0.208. The lowest BCUT2D eigenvalue weighted by molar-refractivity contribution is -0.131. The molecule has 0 aromatic heterocycles. The Hall–Kier alpha value is -3.07. The summed E-state index contributed by atoms with van der Waals surface area (Å²) < 4.78 is 0. The Kier molecular flexibility index (Phi) is 4.93. The molecule has 0 aliphatic carbocycles. The third kappa shape index (κ3) is 3.87. The van der Waals surface area contributed by atoms with Crippen molar-refractivity contribution < 1.29 is 4.79 Å². The number of carbonyl (C=O) groups excluding carboxylic acids is 1. The second-order valence-corrected chi connectivity index (χ2v) is 7.11. The van der Waals surface area contributed by atoms with Crippen molar-refractivity contribution in [2.75, 3.05) is 11.9 Å². The Bertz CT molecular complexity index is 922. The second kappa shape index (κ2) is 7.67. The van der Waals surface area contributed by atoms with Crippen LogP contribution in [0, 0.1) is 0 Å². The summed E-state index contributed by atoms with van der Waals surface area (Å²) in [5, 5.41) is 3.57. The molecule has 1 aliphatic rings. The second-order valence-electron chi connectivity index (χ2n) is 7.11. The van der Waals surface area contributed by atoms with Crippen molar-refractivity contribution in [1.29, 1.82) is 0 Å². The summed E-state index contributed by atoms with van der Waals surface area (Å²) in [4.78, 5) is 14.4. The lowest BCUT2D eigenvalue weighted by Gasteiger charge is -2.29. The number of rotatable bonds is 3. The summed E-state index contributed by atoms with van der Waals surface area (Å²) in [6.07, 6.45) is 0.854. The summed E-state index contributed by atoms with van der Waals surface area (Å²) in [5.41, 5.74) is 5.92. The first-order valence-corrected chi connectivity index (χ1v) is 9.44. The van der Waals surface area contributed by atoms with E-state index in [0.29, 0.717) is 6.54 Å². The van der Waals surface area contributed by atoms with E-state index in [1.165, 1.54) is 22.3 Å². The van der Waals surface area contributed by atoms with Gasteiger partial charge in [-0.05, 0) is 40.8 Å². The minimum Gasteiger partial charge on any atom is -0.383 e. The molecule has 0 radical (unpaired) electrons. The topological polar surface area (TPSA) is 32.3 Å². The molecule has 0 saturated carbocycles. The summed E-state index contributed by atoms with van der Waals surface area (Å²) in [6, 6.07) is 27.4. The lowest BCUT2D eigenvalue weighted by atomic mass is 10.0. The largest absolute Gasteiger partial charge is 0.383 e.